The number of nitrogen functional groups attached to an aromatic ring is 2. The summed E-state index contributed by atoms with van der Waals surface area (Å²) in [7, 11) is 0. The first-order valence-corrected chi connectivity index (χ1v) is 9.10. The molecule has 0 fully saturated rings. The minimum absolute atomic E-state index is 0.144. The van der Waals surface area contributed by atoms with E-state index in [0.29, 0.717) is 37.0 Å². The second-order valence-electron chi connectivity index (χ2n) is 6.20. The van der Waals surface area contributed by atoms with Crippen molar-refractivity contribution in [1.29, 1.82) is 0 Å². The molecule has 0 aliphatic heterocycles. The molecule has 0 spiro atoms. The molecule has 0 saturated carbocycles. The van der Waals surface area contributed by atoms with E-state index in [2.05, 4.69) is 9.97 Å². The zero-order valence-corrected chi connectivity index (χ0v) is 16.0. The molecule has 1 aromatic heterocycles. The SMILES string of the molecule is CCOc1cc(Cc2cnc(N)nc2N)cc(OCC)c1-c1cccc(O)c1. The third-order valence-electron chi connectivity index (χ3n) is 4.17. The highest BCUT2D eigenvalue weighted by Crippen LogP contribution is 2.41. The second kappa shape index (κ2) is 8.47. The predicted molar refractivity (Wildman–Crippen MR) is 110 cm³/mol. The Morgan fingerprint density at radius 2 is 1.68 bits per heavy atom. The van der Waals surface area contributed by atoms with Crippen molar-refractivity contribution in [3.63, 3.8) is 0 Å². The van der Waals surface area contributed by atoms with Gasteiger partial charge in [-0.15, -0.1) is 0 Å². The van der Waals surface area contributed by atoms with Crippen LogP contribution in [0.2, 0.25) is 0 Å². The minimum Gasteiger partial charge on any atom is -0.508 e. The van der Waals surface area contributed by atoms with Crippen molar-refractivity contribution in [2.75, 3.05) is 24.7 Å². The van der Waals surface area contributed by atoms with Crippen molar-refractivity contribution in [3.05, 3.63) is 53.7 Å². The first kappa shape index (κ1) is 19.3. The number of nitrogens with zero attached hydrogens (tertiary/aromatic N) is 2. The lowest BCUT2D eigenvalue weighted by Crippen LogP contribution is -2.05. The topological polar surface area (TPSA) is 117 Å². The fourth-order valence-corrected chi connectivity index (χ4v) is 3.02. The van der Waals surface area contributed by atoms with Gasteiger partial charge in [0.05, 0.1) is 18.8 Å². The van der Waals surface area contributed by atoms with E-state index < -0.39 is 0 Å². The van der Waals surface area contributed by atoms with Gasteiger partial charge in [-0.05, 0) is 49.2 Å². The highest BCUT2D eigenvalue weighted by Gasteiger charge is 2.17. The van der Waals surface area contributed by atoms with E-state index in [1.165, 1.54) is 0 Å². The molecule has 0 radical (unpaired) electrons. The number of nitrogens with two attached hydrogens (primary N) is 2. The Balaban J connectivity index is 2.10. The zero-order chi connectivity index (χ0) is 20.1. The molecule has 0 bridgehead atoms. The highest BCUT2D eigenvalue weighted by atomic mass is 16.5. The number of phenolic OH excluding ortho intramolecular Hbond substituents is 1. The number of ether oxygens (including phenoxy) is 2. The number of benzene rings is 2. The van der Waals surface area contributed by atoms with E-state index in [9.17, 15) is 5.11 Å². The summed E-state index contributed by atoms with van der Waals surface area (Å²) in [6.45, 7) is 4.83. The summed E-state index contributed by atoms with van der Waals surface area (Å²) in [4.78, 5) is 8.04. The molecule has 2 aromatic carbocycles. The van der Waals surface area contributed by atoms with Gasteiger partial charge in [-0.1, -0.05) is 12.1 Å². The van der Waals surface area contributed by atoms with E-state index in [-0.39, 0.29) is 11.7 Å². The van der Waals surface area contributed by atoms with Crippen LogP contribution in [0.15, 0.2) is 42.6 Å². The Morgan fingerprint density at radius 3 is 2.25 bits per heavy atom. The lowest BCUT2D eigenvalue weighted by molar-refractivity contribution is 0.325. The number of rotatable bonds is 7. The van der Waals surface area contributed by atoms with E-state index in [1.54, 1.807) is 24.4 Å². The second-order valence-corrected chi connectivity index (χ2v) is 6.20. The van der Waals surface area contributed by atoms with Crippen LogP contribution in [-0.2, 0) is 6.42 Å². The number of hydrogen-bond donors (Lipinski definition) is 3. The van der Waals surface area contributed by atoms with Crippen LogP contribution in [0.3, 0.4) is 0 Å². The normalized spacial score (nSPS) is 10.6. The highest BCUT2D eigenvalue weighted by molar-refractivity contribution is 5.78. The maximum atomic E-state index is 9.90. The van der Waals surface area contributed by atoms with E-state index in [4.69, 9.17) is 20.9 Å². The molecule has 3 aromatic rings. The minimum atomic E-state index is 0.144. The maximum absolute atomic E-state index is 9.90. The smallest absolute Gasteiger partial charge is 0.221 e. The molecule has 0 atom stereocenters. The zero-order valence-electron chi connectivity index (χ0n) is 16.0. The van der Waals surface area contributed by atoms with Crippen molar-refractivity contribution in [2.45, 2.75) is 20.3 Å². The van der Waals surface area contributed by atoms with Gasteiger partial charge in [0.25, 0.3) is 0 Å². The summed E-state index contributed by atoms with van der Waals surface area (Å²) >= 11 is 0. The summed E-state index contributed by atoms with van der Waals surface area (Å²) in [5.74, 6) is 2.01. The lowest BCUT2D eigenvalue weighted by atomic mass is 9.98. The molecule has 28 heavy (non-hydrogen) atoms. The monoisotopic (exact) mass is 380 g/mol. The van der Waals surface area contributed by atoms with Crippen LogP contribution in [-0.4, -0.2) is 28.3 Å². The van der Waals surface area contributed by atoms with Gasteiger partial charge in [0.1, 0.15) is 23.1 Å². The first-order chi connectivity index (χ1) is 13.5. The molecular formula is C21H24N4O3. The largest absolute Gasteiger partial charge is 0.508 e. The van der Waals surface area contributed by atoms with Crippen LogP contribution >= 0.6 is 0 Å². The van der Waals surface area contributed by atoms with Crippen LogP contribution in [0.25, 0.3) is 11.1 Å². The van der Waals surface area contributed by atoms with Gasteiger partial charge in [0, 0.05) is 18.2 Å². The molecule has 5 N–H and O–H groups in total. The maximum Gasteiger partial charge on any atom is 0.221 e. The van der Waals surface area contributed by atoms with Gasteiger partial charge in [-0.3, -0.25) is 0 Å². The summed E-state index contributed by atoms with van der Waals surface area (Å²) in [6, 6.07) is 10.9. The van der Waals surface area contributed by atoms with Crippen LogP contribution < -0.4 is 20.9 Å². The first-order valence-electron chi connectivity index (χ1n) is 9.10. The van der Waals surface area contributed by atoms with Gasteiger partial charge in [-0.2, -0.15) is 4.98 Å². The van der Waals surface area contributed by atoms with Gasteiger partial charge in [-0.25, -0.2) is 4.98 Å². The Hall–Kier alpha value is -3.48. The van der Waals surface area contributed by atoms with E-state index in [1.807, 2.05) is 32.0 Å². The van der Waals surface area contributed by atoms with Crippen molar-refractivity contribution in [2.24, 2.45) is 0 Å². The Labute approximate surface area is 164 Å². The summed E-state index contributed by atoms with van der Waals surface area (Å²) < 4.78 is 11.8. The average Bonchev–Trinajstić information content (AvgIpc) is 2.64. The number of phenols is 1. The number of aromatic hydroxyl groups is 1. The molecule has 7 heteroatoms. The molecule has 0 aliphatic rings. The third-order valence-corrected chi connectivity index (χ3v) is 4.17. The standard InChI is InChI=1S/C21H24N4O3/c1-3-27-17-9-13(8-15-12-24-21(23)25-20(15)22)10-18(28-4-2)19(17)14-6-5-7-16(26)11-14/h5-7,9-12,26H,3-4,8H2,1-2H3,(H4,22,23,24,25). The van der Waals surface area contributed by atoms with Crippen molar-refractivity contribution >= 4 is 11.8 Å². The molecule has 0 saturated heterocycles. The van der Waals surface area contributed by atoms with Crippen LogP contribution in [0, 0.1) is 0 Å². The van der Waals surface area contributed by atoms with E-state index in [0.717, 1.165) is 22.3 Å². The predicted octanol–water partition coefficient (Wildman–Crippen LogP) is 3.40. The lowest BCUT2D eigenvalue weighted by Gasteiger charge is -2.18. The molecule has 1 heterocycles. The molecule has 0 aliphatic carbocycles. The third kappa shape index (κ3) is 4.25. The fourth-order valence-electron chi connectivity index (χ4n) is 3.02. The molecule has 0 amide bonds. The summed E-state index contributed by atoms with van der Waals surface area (Å²) in [5, 5.41) is 9.90. The van der Waals surface area contributed by atoms with Crippen molar-refractivity contribution < 1.29 is 14.6 Å². The van der Waals surface area contributed by atoms with Gasteiger partial charge >= 0.3 is 0 Å². The van der Waals surface area contributed by atoms with Gasteiger partial charge in [0.15, 0.2) is 0 Å². The summed E-state index contributed by atoms with van der Waals surface area (Å²) in [6.07, 6.45) is 2.13. The van der Waals surface area contributed by atoms with Crippen LogP contribution in [0.4, 0.5) is 11.8 Å². The Morgan fingerprint density at radius 1 is 1.00 bits per heavy atom. The average molecular weight is 380 g/mol. The van der Waals surface area contributed by atoms with E-state index >= 15 is 0 Å². The van der Waals surface area contributed by atoms with Crippen LogP contribution in [0.1, 0.15) is 25.0 Å². The molecule has 7 nitrogen and oxygen atoms in total. The van der Waals surface area contributed by atoms with Gasteiger partial charge in [0.2, 0.25) is 5.95 Å². The van der Waals surface area contributed by atoms with Crippen molar-refractivity contribution in [1.82, 2.24) is 9.97 Å². The van der Waals surface area contributed by atoms with Crippen molar-refractivity contribution in [3.8, 4) is 28.4 Å². The summed E-state index contributed by atoms with van der Waals surface area (Å²) in [5.41, 5.74) is 14.9. The number of anilines is 2. The number of aromatic nitrogens is 2. The molecule has 3 rings (SSSR count). The molecule has 0 unspecified atom stereocenters. The van der Waals surface area contributed by atoms with Gasteiger partial charge < -0.3 is 26.0 Å². The Kier molecular flexibility index (Phi) is 5.84. The fraction of sp³-hybridized carbons (Fsp3) is 0.238. The molecular weight excluding hydrogens is 356 g/mol. The molecule has 146 valence electrons. The quantitative estimate of drug-likeness (QED) is 0.575. The Bertz CT molecular complexity index is 949. The van der Waals surface area contributed by atoms with Crippen LogP contribution in [0.5, 0.6) is 17.2 Å². The number of hydrogen-bond acceptors (Lipinski definition) is 7.